The summed E-state index contributed by atoms with van der Waals surface area (Å²) in [6.07, 6.45) is 0. The number of nitro groups is 1. The second kappa shape index (κ2) is 6.71. The van der Waals surface area contributed by atoms with Gasteiger partial charge in [0.1, 0.15) is 5.75 Å². The average molecular weight is 376 g/mol. The Bertz CT molecular complexity index is 1100. The number of aromatic nitrogens is 3. The fourth-order valence-electron chi connectivity index (χ4n) is 2.67. The van der Waals surface area contributed by atoms with Crippen LogP contribution in [0.1, 0.15) is 16.8 Å². The lowest BCUT2D eigenvalue weighted by Gasteiger charge is -2.07. The van der Waals surface area contributed by atoms with Crippen LogP contribution in [0.3, 0.4) is 0 Å². The van der Waals surface area contributed by atoms with Crippen LogP contribution >= 0.6 is 0 Å². The van der Waals surface area contributed by atoms with Crippen molar-refractivity contribution in [3.05, 3.63) is 55.5 Å². The summed E-state index contributed by atoms with van der Waals surface area (Å²) in [5, 5.41) is 11.4. The molecule has 0 amide bonds. The van der Waals surface area contributed by atoms with Gasteiger partial charge in [-0.25, -0.2) is 4.98 Å². The third-order valence-electron chi connectivity index (χ3n) is 4.11. The van der Waals surface area contributed by atoms with Crippen molar-refractivity contribution in [2.24, 2.45) is 0 Å². The van der Waals surface area contributed by atoms with Crippen LogP contribution in [-0.4, -0.2) is 31.2 Å². The Hall–Kier alpha value is -3.01. The van der Waals surface area contributed by atoms with E-state index in [1.807, 2.05) is 0 Å². The molecule has 3 rings (SSSR count). The maximum Gasteiger partial charge on any atom is 0.282 e. The molecule has 136 valence electrons. The lowest BCUT2D eigenvalue weighted by Crippen LogP contribution is -2.18. The van der Waals surface area contributed by atoms with Gasteiger partial charge in [-0.3, -0.25) is 19.1 Å². The summed E-state index contributed by atoms with van der Waals surface area (Å²) in [6.45, 7) is 2.91. The highest BCUT2D eigenvalue weighted by atomic mass is 32.2. The monoisotopic (exact) mass is 376 g/mol. The molecule has 0 aliphatic heterocycles. The Morgan fingerprint density at radius 2 is 2.00 bits per heavy atom. The molecule has 0 spiro atoms. The zero-order valence-corrected chi connectivity index (χ0v) is 15.1. The first-order valence-corrected chi connectivity index (χ1v) is 8.92. The van der Waals surface area contributed by atoms with Crippen molar-refractivity contribution in [3.8, 4) is 5.75 Å². The maximum atomic E-state index is 12.7. The first kappa shape index (κ1) is 17.8. The van der Waals surface area contributed by atoms with Gasteiger partial charge in [0, 0.05) is 17.3 Å². The molecule has 1 aromatic carbocycles. The summed E-state index contributed by atoms with van der Waals surface area (Å²) >= 11 is 0. The fourth-order valence-corrected chi connectivity index (χ4v) is 3.79. The number of pyridine rings is 1. The summed E-state index contributed by atoms with van der Waals surface area (Å²) in [5.41, 5.74) is 1.03. The summed E-state index contributed by atoms with van der Waals surface area (Å²) in [4.78, 5) is 32.4. The summed E-state index contributed by atoms with van der Waals surface area (Å²) in [6, 6.07) is 5.20. The largest absolute Gasteiger partial charge is 0.497 e. The number of H-pyrrole nitrogens is 2. The molecule has 26 heavy (non-hydrogen) atoms. The molecule has 2 aromatic heterocycles. The van der Waals surface area contributed by atoms with Gasteiger partial charge < -0.3 is 14.7 Å². The van der Waals surface area contributed by atoms with Gasteiger partial charge in [-0.15, -0.1) is 0 Å². The Kier molecular flexibility index (Phi) is 4.60. The third kappa shape index (κ3) is 3.10. The van der Waals surface area contributed by atoms with Crippen LogP contribution in [0, 0.1) is 24.0 Å². The lowest BCUT2D eigenvalue weighted by molar-refractivity contribution is -0.386. The van der Waals surface area contributed by atoms with Crippen molar-refractivity contribution < 1.29 is 13.9 Å². The van der Waals surface area contributed by atoms with Gasteiger partial charge in [-0.2, -0.15) is 0 Å². The Morgan fingerprint density at radius 1 is 1.27 bits per heavy atom. The van der Waals surface area contributed by atoms with E-state index < -0.39 is 21.3 Å². The van der Waals surface area contributed by atoms with Crippen LogP contribution in [0.5, 0.6) is 5.75 Å². The first-order valence-electron chi connectivity index (χ1n) is 7.60. The van der Waals surface area contributed by atoms with Crippen LogP contribution in [0.4, 0.5) is 5.69 Å². The first-order chi connectivity index (χ1) is 12.3. The molecular formula is C16H16N4O5S. The van der Waals surface area contributed by atoms with Crippen molar-refractivity contribution in [1.29, 1.82) is 0 Å². The Labute approximate surface area is 150 Å². The van der Waals surface area contributed by atoms with Crippen molar-refractivity contribution in [3.63, 3.8) is 0 Å². The Morgan fingerprint density at radius 3 is 2.65 bits per heavy atom. The van der Waals surface area contributed by atoms with Gasteiger partial charge in [0.05, 0.1) is 45.2 Å². The van der Waals surface area contributed by atoms with Crippen molar-refractivity contribution in [1.82, 2.24) is 15.0 Å². The van der Waals surface area contributed by atoms with Crippen LogP contribution in [-0.2, 0) is 16.6 Å². The lowest BCUT2D eigenvalue weighted by atomic mass is 10.1. The smallest absolute Gasteiger partial charge is 0.282 e. The SMILES string of the molecule is COc1ccc2nc(S(=O)Cc3[nH]c(=O)c(C)c([N+](=O)[O-])c3C)[nH]c2c1. The molecule has 3 aromatic rings. The Balaban J connectivity index is 1.98. The van der Waals surface area contributed by atoms with E-state index in [1.165, 1.54) is 13.8 Å². The van der Waals surface area contributed by atoms with E-state index in [2.05, 4.69) is 15.0 Å². The number of hydrogen-bond acceptors (Lipinski definition) is 6. The minimum atomic E-state index is -1.62. The highest BCUT2D eigenvalue weighted by Gasteiger charge is 2.23. The number of rotatable bonds is 5. The molecule has 0 radical (unpaired) electrons. The van der Waals surface area contributed by atoms with Gasteiger partial charge in [-0.05, 0) is 26.0 Å². The number of methoxy groups -OCH3 is 1. The molecule has 2 N–H and O–H groups in total. The quantitative estimate of drug-likeness (QED) is 0.518. The second-order valence-corrected chi connectivity index (χ2v) is 7.07. The number of nitrogens with zero attached hydrogens (tertiary/aromatic N) is 2. The molecule has 10 heteroatoms. The molecule has 1 atom stereocenters. The molecule has 2 heterocycles. The predicted molar refractivity (Wildman–Crippen MR) is 95.9 cm³/mol. The number of nitrogens with one attached hydrogen (secondary N) is 2. The highest BCUT2D eigenvalue weighted by molar-refractivity contribution is 7.84. The number of benzene rings is 1. The van der Waals surface area contributed by atoms with Crippen LogP contribution < -0.4 is 10.3 Å². The topological polar surface area (TPSA) is 131 Å². The van der Waals surface area contributed by atoms with Gasteiger partial charge in [0.25, 0.3) is 11.2 Å². The normalized spacial score (nSPS) is 12.3. The van der Waals surface area contributed by atoms with E-state index in [0.29, 0.717) is 22.3 Å². The predicted octanol–water partition coefficient (Wildman–Crippen LogP) is 2.09. The molecule has 0 bridgehead atoms. The molecule has 1 unspecified atom stereocenters. The fraction of sp³-hybridized carbons (Fsp3) is 0.250. The summed E-state index contributed by atoms with van der Waals surface area (Å²) < 4.78 is 17.8. The summed E-state index contributed by atoms with van der Waals surface area (Å²) in [5.74, 6) is 0.534. The van der Waals surface area contributed by atoms with Crippen LogP contribution in [0.2, 0.25) is 0 Å². The molecule has 0 aliphatic carbocycles. The van der Waals surface area contributed by atoms with Crippen molar-refractivity contribution >= 4 is 27.5 Å². The van der Waals surface area contributed by atoms with E-state index in [-0.39, 0.29) is 27.9 Å². The number of imidazole rings is 1. The standard InChI is InChI=1S/C16H16N4O5S/c1-8-13(17-15(21)9(2)14(8)20(22)23)7-26(24)16-18-11-5-4-10(25-3)6-12(11)19-16/h4-6H,7H2,1-3H3,(H,17,21)(H,18,19). The molecule has 0 saturated carbocycles. The van der Waals surface area contributed by atoms with E-state index in [1.54, 1.807) is 25.3 Å². The minimum Gasteiger partial charge on any atom is -0.497 e. The van der Waals surface area contributed by atoms with E-state index in [0.717, 1.165) is 0 Å². The van der Waals surface area contributed by atoms with Crippen molar-refractivity contribution in [2.75, 3.05) is 7.11 Å². The molecule has 0 fully saturated rings. The highest BCUT2D eigenvalue weighted by Crippen LogP contribution is 2.24. The van der Waals surface area contributed by atoms with E-state index in [9.17, 15) is 19.1 Å². The second-order valence-electron chi connectivity index (χ2n) is 5.70. The van der Waals surface area contributed by atoms with Gasteiger partial charge in [0.2, 0.25) is 0 Å². The van der Waals surface area contributed by atoms with Crippen molar-refractivity contribution in [2.45, 2.75) is 24.8 Å². The van der Waals surface area contributed by atoms with Gasteiger partial charge in [0.15, 0.2) is 5.16 Å². The zero-order chi connectivity index (χ0) is 19.0. The number of aromatic amines is 2. The molecule has 0 aliphatic rings. The summed E-state index contributed by atoms with van der Waals surface area (Å²) in [7, 11) is -0.0808. The molecular weight excluding hydrogens is 360 g/mol. The maximum absolute atomic E-state index is 12.7. The number of ether oxygens (including phenoxy) is 1. The van der Waals surface area contributed by atoms with Gasteiger partial charge in [-0.1, -0.05) is 0 Å². The third-order valence-corrected chi connectivity index (χ3v) is 5.28. The van der Waals surface area contributed by atoms with Crippen LogP contribution in [0.25, 0.3) is 11.0 Å². The number of hydrogen-bond donors (Lipinski definition) is 2. The minimum absolute atomic E-state index is 0.0258. The van der Waals surface area contributed by atoms with E-state index >= 15 is 0 Å². The molecule has 0 saturated heterocycles. The van der Waals surface area contributed by atoms with Crippen LogP contribution in [0.15, 0.2) is 28.2 Å². The number of fused-ring (bicyclic) bond motifs is 1. The average Bonchev–Trinajstić information content (AvgIpc) is 3.02. The zero-order valence-electron chi connectivity index (χ0n) is 14.3. The van der Waals surface area contributed by atoms with E-state index in [4.69, 9.17) is 4.74 Å². The van der Waals surface area contributed by atoms with Gasteiger partial charge >= 0.3 is 0 Å². The molecule has 9 nitrogen and oxygen atoms in total.